The number of carboxylic acid groups (broad SMARTS) is 1. The van der Waals surface area contributed by atoms with Gasteiger partial charge in [-0.15, -0.1) is 0 Å². The van der Waals surface area contributed by atoms with E-state index in [1.54, 1.807) is 42.6 Å². The average Bonchev–Trinajstić information content (AvgIpc) is 3.03. The quantitative estimate of drug-likeness (QED) is 0.600. The molecule has 1 amide bonds. The molecular weight excluding hydrogens is 372 g/mol. The zero-order chi connectivity index (χ0) is 19.4. The third-order valence-electron chi connectivity index (χ3n) is 3.80. The van der Waals surface area contributed by atoms with Crippen molar-refractivity contribution in [2.45, 2.75) is 12.5 Å². The lowest BCUT2D eigenvalue weighted by Crippen LogP contribution is -2.30. The molecule has 8 nitrogen and oxygen atoms in total. The second-order valence-corrected chi connectivity index (χ2v) is 6.17. The summed E-state index contributed by atoms with van der Waals surface area (Å²) in [6, 6.07) is 10.2. The predicted octanol–water partition coefficient (Wildman–Crippen LogP) is 2.16. The molecule has 3 rings (SSSR count). The molecule has 0 radical (unpaired) electrons. The van der Waals surface area contributed by atoms with Crippen LogP contribution in [0.15, 0.2) is 59.7 Å². The minimum Gasteiger partial charge on any atom is -0.481 e. The van der Waals surface area contributed by atoms with Crippen molar-refractivity contribution in [3.05, 3.63) is 81.5 Å². The molecule has 0 bridgehead atoms. The standard InChI is InChI=1S/C18H15ClN4O4/c19-12-4-1-5-13(7-12)23-16(24)8-15(22-23)18(27)21-14(9-17(25)26)11-3-2-6-20-10-11/h1-8,10,14,22H,9H2,(H,21,27)(H,25,26)/t14-/m0/s1. The molecule has 0 fully saturated rings. The Morgan fingerprint density at radius 2 is 2.07 bits per heavy atom. The largest absolute Gasteiger partial charge is 0.481 e. The van der Waals surface area contributed by atoms with Gasteiger partial charge in [-0.1, -0.05) is 23.7 Å². The van der Waals surface area contributed by atoms with Gasteiger partial charge < -0.3 is 10.4 Å². The Kier molecular flexibility index (Phi) is 5.37. The molecule has 9 heteroatoms. The van der Waals surface area contributed by atoms with Crippen molar-refractivity contribution in [2.75, 3.05) is 0 Å². The molecule has 3 aromatic rings. The summed E-state index contributed by atoms with van der Waals surface area (Å²) in [4.78, 5) is 39.8. The summed E-state index contributed by atoms with van der Waals surface area (Å²) >= 11 is 5.93. The second-order valence-electron chi connectivity index (χ2n) is 5.73. The third-order valence-corrected chi connectivity index (χ3v) is 4.04. The molecule has 0 aliphatic carbocycles. The fraction of sp³-hybridized carbons (Fsp3) is 0.111. The number of benzene rings is 1. The lowest BCUT2D eigenvalue weighted by atomic mass is 10.1. The van der Waals surface area contributed by atoms with Gasteiger partial charge in [0.2, 0.25) is 0 Å². The summed E-state index contributed by atoms with van der Waals surface area (Å²) in [5.41, 5.74) is 0.573. The number of aromatic amines is 1. The van der Waals surface area contributed by atoms with E-state index >= 15 is 0 Å². The highest BCUT2D eigenvalue weighted by Gasteiger charge is 2.21. The molecule has 0 saturated heterocycles. The SMILES string of the molecule is O=C(O)C[C@H](NC(=O)c1cc(=O)n(-c2cccc(Cl)c2)[nH]1)c1cccnc1. The number of halogens is 1. The van der Waals surface area contributed by atoms with Crippen molar-refractivity contribution in [3.63, 3.8) is 0 Å². The topological polar surface area (TPSA) is 117 Å². The molecule has 138 valence electrons. The Balaban J connectivity index is 1.86. The van der Waals surface area contributed by atoms with Crippen LogP contribution in [0.1, 0.15) is 28.5 Å². The minimum absolute atomic E-state index is 0.000690. The van der Waals surface area contributed by atoms with Crippen molar-refractivity contribution in [3.8, 4) is 5.69 Å². The van der Waals surface area contributed by atoms with E-state index in [2.05, 4.69) is 15.4 Å². The molecule has 2 heterocycles. The van der Waals surface area contributed by atoms with Crippen molar-refractivity contribution in [1.29, 1.82) is 0 Å². The molecule has 0 aliphatic rings. The molecule has 1 aromatic carbocycles. The Hall–Kier alpha value is -3.39. The maximum atomic E-state index is 12.5. The molecule has 0 spiro atoms. The van der Waals surface area contributed by atoms with Gasteiger partial charge >= 0.3 is 5.97 Å². The van der Waals surface area contributed by atoms with Crippen LogP contribution in [-0.2, 0) is 4.79 Å². The number of nitrogens with one attached hydrogen (secondary N) is 2. The number of hydrogen-bond donors (Lipinski definition) is 3. The number of amides is 1. The molecule has 0 unspecified atom stereocenters. The average molecular weight is 387 g/mol. The van der Waals surface area contributed by atoms with Gasteiger partial charge in [-0.05, 0) is 29.8 Å². The van der Waals surface area contributed by atoms with E-state index in [1.165, 1.54) is 10.9 Å². The number of carbonyl (C=O) groups is 2. The van der Waals surface area contributed by atoms with Crippen molar-refractivity contribution >= 4 is 23.5 Å². The summed E-state index contributed by atoms with van der Waals surface area (Å²) < 4.78 is 1.18. The van der Waals surface area contributed by atoms with Gasteiger partial charge in [-0.2, -0.15) is 0 Å². The van der Waals surface area contributed by atoms with Crippen LogP contribution >= 0.6 is 11.6 Å². The van der Waals surface area contributed by atoms with Crippen molar-refractivity contribution in [1.82, 2.24) is 20.1 Å². The summed E-state index contributed by atoms with van der Waals surface area (Å²) in [5, 5.41) is 14.9. The minimum atomic E-state index is -1.07. The zero-order valence-corrected chi connectivity index (χ0v) is 14.7. The first-order valence-corrected chi connectivity index (χ1v) is 8.32. The van der Waals surface area contributed by atoms with Crippen LogP contribution < -0.4 is 10.9 Å². The maximum Gasteiger partial charge on any atom is 0.305 e. The Morgan fingerprint density at radius 3 is 2.74 bits per heavy atom. The monoisotopic (exact) mass is 386 g/mol. The lowest BCUT2D eigenvalue weighted by molar-refractivity contribution is -0.137. The number of carbonyl (C=O) groups excluding carboxylic acids is 1. The number of hydrogen-bond acceptors (Lipinski definition) is 4. The van der Waals surface area contributed by atoms with Crippen LogP contribution in [0.4, 0.5) is 0 Å². The number of aromatic nitrogens is 3. The van der Waals surface area contributed by atoms with Gasteiger partial charge in [0.1, 0.15) is 5.69 Å². The number of H-pyrrole nitrogens is 1. The molecule has 1 atom stereocenters. The van der Waals surface area contributed by atoms with Crippen molar-refractivity contribution in [2.24, 2.45) is 0 Å². The molecule has 0 aliphatic heterocycles. The van der Waals surface area contributed by atoms with E-state index in [1.807, 2.05) is 0 Å². The smallest absolute Gasteiger partial charge is 0.305 e. The highest BCUT2D eigenvalue weighted by atomic mass is 35.5. The summed E-state index contributed by atoms with van der Waals surface area (Å²) in [7, 11) is 0. The van der Waals surface area contributed by atoms with Gasteiger partial charge in [0.25, 0.3) is 11.5 Å². The fourth-order valence-corrected chi connectivity index (χ4v) is 2.75. The molecule has 0 saturated carbocycles. The second kappa shape index (κ2) is 7.88. The van der Waals surface area contributed by atoms with Crippen molar-refractivity contribution < 1.29 is 14.7 Å². The number of carboxylic acids is 1. The first-order chi connectivity index (χ1) is 12.9. The van der Waals surface area contributed by atoms with Gasteiger partial charge in [0, 0.05) is 23.5 Å². The van der Waals surface area contributed by atoms with Gasteiger partial charge in [-0.25, -0.2) is 4.68 Å². The Labute approximate surface area is 158 Å². The van der Waals surface area contributed by atoms with Gasteiger partial charge in [-0.3, -0.25) is 24.5 Å². The van der Waals surface area contributed by atoms with Gasteiger partial charge in [0.05, 0.1) is 18.2 Å². The summed E-state index contributed by atoms with van der Waals surface area (Å²) in [6.45, 7) is 0. The molecular formula is C18H15ClN4O4. The maximum absolute atomic E-state index is 12.5. The van der Waals surface area contributed by atoms with Crippen LogP contribution in [0, 0.1) is 0 Å². The Morgan fingerprint density at radius 1 is 1.26 bits per heavy atom. The highest BCUT2D eigenvalue weighted by molar-refractivity contribution is 6.30. The molecule has 2 aromatic heterocycles. The van der Waals surface area contributed by atoms with E-state index in [9.17, 15) is 14.4 Å². The number of rotatable bonds is 6. The third kappa shape index (κ3) is 4.42. The van der Waals surface area contributed by atoms with Crippen LogP contribution in [0.25, 0.3) is 5.69 Å². The Bertz CT molecular complexity index is 1030. The van der Waals surface area contributed by atoms with E-state index in [-0.39, 0.29) is 12.1 Å². The first-order valence-electron chi connectivity index (χ1n) is 7.94. The summed E-state index contributed by atoms with van der Waals surface area (Å²) in [5.74, 6) is -1.68. The van der Waals surface area contributed by atoms with Crippen LogP contribution in [0.3, 0.4) is 0 Å². The number of pyridine rings is 1. The van der Waals surface area contributed by atoms with E-state index in [0.29, 0.717) is 16.3 Å². The van der Waals surface area contributed by atoms with E-state index in [4.69, 9.17) is 16.7 Å². The predicted molar refractivity (Wildman–Crippen MR) is 98.1 cm³/mol. The molecule has 3 N–H and O–H groups in total. The molecule has 27 heavy (non-hydrogen) atoms. The van der Waals surface area contributed by atoms with Crippen LogP contribution in [0.5, 0.6) is 0 Å². The first kappa shape index (κ1) is 18.4. The normalized spacial score (nSPS) is 11.7. The van der Waals surface area contributed by atoms with Crippen LogP contribution in [-0.4, -0.2) is 31.7 Å². The zero-order valence-electron chi connectivity index (χ0n) is 13.9. The number of nitrogens with zero attached hydrogens (tertiary/aromatic N) is 2. The van der Waals surface area contributed by atoms with Gasteiger partial charge in [0.15, 0.2) is 0 Å². The lowest BCUT2D eigenvalue weighted by Gasteiger charge is -2.16. The highest BCUT2D eigenvalue weighted by Crippen LogP contribution is 2.17. The van der Waals surface area contributed by atoms with E-state index in [0.717, 1.165) is 6.07 Å². The van der Waals surface area contributed by atoms with Crippen LogP contribution in [0.2, 0.25) is 5.02 Å². The fourth-order valence-electron chi connectivity index (χ4n) is 2.56. The van der Waals surface area contributed by atoms with E-state index < -0.39 is 23.5 Å². The summed E-state index contributed by atoms with van der Waals surface area (Å²) in [6.07, 6.45) is 2.70. The number of aliphatic carboxylic acids is 1.